The lowest BCUT2D eigenvalue weighted by atomic mass is 10.00. The first-order valence-corrected chi connectivity index (χ1v) is 12.9. The van der Waals surface area contributed by atoms with Gasteiger partial charge in [0, 0.05) is 12.1 Å². The molecule has 1 aromatic rings. The number of ether oxygens (including phenoxy) is 1. The van der Waals surface area contributed by atoms with Crippen LogP contribution in [0.1, 0.15) is 104 Å². The molecule has 1 unspecified atom stereocenters. The highest BCUT2D eigenvalue weighted by Crippen LogP contribution is 2.24. The first kappa shape index (κ1) is 30.5. The van der Waals surface area contributed by atoms with Crippen molar-refractivity contribution < 1.29 is 19.1 Å². The lowest BCUT2D eigenvalue weighted by Crippen LogP contribution is -2.51. The molecule has 1 rings (SSSR count). The number of hydrogen-bond donors (Lipinski definition) is 2. The van der Waals surface area contributed by atoms with Crippen molar-refractivity contribution in [2.75, 3.05) is 13.1 Å². The quantitative estimate of drug-likeness (QED) is 0.371. The molecule has 1 atom stereocenters. The van der Waals surface area contributed by atoms with E-state index in [-0.39, 0.29) is 18.4 Å². The molecule has 3 amide bonds. The van der Waals surface area contributed by atoms with E-state index < -0.39 is 23.3 Å². The number of aryl methyl sites for hydroxylation is 1. The number of unbranched alkanes of at least 4 members (excludes halogenated alkanes) is 5. The zero-order valence-corrected chi connectivity index (χ0v) is 23.1. The van der Waals surface area contributed by atoms with Crippen molar-refractivity contribution >= 4 is 17.9 Å². The molecule has 1 aromatic carbocycles. The first-order valence-electron chi connectivity index (χ1n) is 12.9. The highest BCUT2D eigenvalue weighted by atomic mass is 16.6. The van der Waals surface area contributed by atoms with Crippen LogP contribution < -0.4 is 10.6 Å². The van der Waals surface area contributed by atoms with Gasteiger partial charge in [-0.3, -0.25) is 9.59 Å². The summed E-state index contributed by atoms with van der Waals surface area (Å²) < 4.78 is 5.28. The average molecular weight is 490 g/mol. The van der Waals surface area contributed by atoms with Gasteiger partial charge >= 0.3 is 6.09 Å². The van der Waals surface area contributed by atoms with Crippen LogP contribution in [0.25, 0.3) is 0 Å². The summed E-state index contributed by atoms with van der Waals surface area (Å²) in [6.07, 6.45) is 5.73. The third-order valence-electron chi connectivity index (χ3n) is 5.31. The van der Waals surface area contributed by atoms with Gasteiger partial charge in [0.1, 0.15) is 18.2 Å². The molecular formula is C28H47N3O4. The van der Waals surface area contributed by atoms with Gasteiger partial charge in [0.05, 0.1) is 0 Å². The Morgan fingerprint density at radius 1 is 0.914 bits per heavy atom. The highest BCUT2D eigenvalue weighted by molar-refractivity contribution is 5.90. The van der Waals surface area contributed by atoms with Gasteiger partial charge < -0.3 is 20.3 Å². The molecule has 35 heavy (non-hydrogen) atoms. The molecular weight excluding hydrogens is 442 g/mol. The molecule has 0 aliphatic heterocycles. The van der Waals surface area contributed by atoms with Gasteiger partial charge in [-0.15, -0.1) is 0 Å². The second-order valence-corrected chi connectivity index (χ2v) is 11.3. The van der Waals surface area contributed by atoms with Gasteiger partial charge in [0.15, 0.2) is 0 Å². The van der Waals surface area contributed by atoms with Crippen LogP contribution in [-0.4, -0.2) is 47.0 Å². The SMILES string of the molecule is CCCCCCCCN(C(=O)CNC(=O)OC(C)(C)C)C(C(=O)NC(C)(C)C)c1ccc(C)cc1. The fraction of sp³-hybridized carbons (Fsp3) is 0.679. The molecule has 198 valence electrons. The van der Waals surface area contributed by atoms with E-state index in [2.05, 4.69) is 17.6 Å². The number of hydrogen-bond acceptors (Lipinski definition) is 4. The number of benzene rings is 1. The van der Waals surface area contributed by atoms with Crippen LogP contribution in [0, 0.1) is 6.92 Å². The van der Waals surface area contributed by atoms with E-state index in [9.17, 15) is 14.4 Å². The number of alkyl carbamates (subject to hydrolysis) is 1. The molecule has 7 nitrogen and oxygen atoms in total. The Labute approximate surface area is 212 Å². The van der Waals surface area contributed by atoms with E-state index >= 15 is 0 Å². The Hall–Kier alpha value is -2.57. The van der Waals surface area contributed by atoms with E-state index in [4.69, 9.17) is 4.74 Å². The second-order valence-electron chi connectivity index (χ2n) is 11.3. The summed E-state index contributed by atoms with van der Waals surface area (Å²) in [4.78, 5) is 40.6. The molecule has 0 spiro atoms. The van der Waals surface area contributed by atoms with E-state index in [1.807, 2.05) is 52.0 Å². The van der Waals surface area contributed by atoms with Crippen LogP contribution in [-0.2, 0) is 14.3 Å². The summed E-state index contributed by atoms with van der Waals surface area (Å²) in [6, 6.07) is 6.88. The van der Waals surface area contributed by atoms with Crippen molar-refractivity contribution in [3.05, 3.63) is 35.4 Å². The van der Waals surface area contributed by atoms with Crippen LogP contribution in [0.4, 0.5) is 4.79 Å². The van der Waals surface area contributed by atoms with E-state index in [0.29, 0.717) is 6.54 Å². The summed E-state index contributed by atoms with van der Waals surface area (Å²) in [7, 11) is 0. The predicted octanol–water partition coefficient (Wildman–Crippen LogP) is 5.66. The second kappa shape index (κ2) is 14.1. The molecule has 7 heteroatoms. The van der Waals surface area contributed by atoms with Crippen molar-refractivity contribution in [1.82, 2.24) is 15.5 Å². The molecule has 0 aromatic heterocycles. The Morgan fingerprint density at radius 2 is 1.49 bits per heavy atom. The smallest absolute Gasteiger partial charge is 0.408 e. The maximum absolute atomic E-state index is 13.5. The number of nitrogens with one attached hydrogen (secondary N) is 2. The molecule has 0 aliphatic carbocycles. The van der Waals surface area contributed by atoms with Crippen LogP contribution in [0.15, 0.2) is 24.3 Å². The van der Waals surface area contributed by atoms with Crippen LogP contribution in [0.5, 0.6) is 0 Å². The van der Waals surface area contributed by atoms with Gasteiger partial charge in [0.2, 0.25) is 11.8 Å². The molecule has 0 heterocycles. The molecule has 0 saturated heterocycles. The Balaban J connectivity index is 3.15. The Bertz CT molecular complexity index is 807. The third-order valence-corrected chi connectivity index (χ3v) is 5.31. The van der Waals surface area contributed by atoms with E-state index in [0.717, 1.165) is 36.8 Å². The van der Waals surface area contributed by atoms with Gasteiger partial charge in [-0.1, -0.05) is 68.9 Å². The fourth-order valence-electron chi connectivity index (χ4n) is 3.68. The number of rotatable bonds is 12. The fourth-order valence-corrected chi connectivity index (χ4v) is 3.68. The zero-order chi connectivity index (χ0) is 26.6. The minimum Gasteiger partial charge on any atom is -0.444 e. The molecule has 0 radical (unpaired) electrons. The molecule has 0 fully saturated rings. The normalized spacial score (nSPS) is 12.6. The lowest BCUT2D eigenvalue weighted by molar-refractivity contribution is -0.141. The topological polar surface area (TPSA) is 87.7 Å². The van der Waals surface area contributed by atoms with Crippen molar-refractivity contribution in [1.29, 1.82) is 0 Å². The number of nitrogens with zero attached hydrogens (tertiary/aromatic N) is 1. The Kier molecular flexibility index (Phi) is 12.3. The molecule has 0 saturated carbocycles. The molecule has 2 N–H and O–H groups in total. The summed E-state index contributed by atoms with van der Waals surface area (Å²) >= 11 is 0. The third kappa shape index (κ3) is 12.6. The lowest BCUT2D eigenvalue weighted by Gasteiger charge is -2.34. The zero-order valence-electron chi connectivity index (χ0n) is 23.1. The predicted molar refractivity (Wildman–Crippen MR) is 141 cm³/mol. The van der Waals surface area contributed by atoms with E-state index in [1.54, 1.807) is 25.7 Å². The van der Waals surface area contributed by atoms with Crippen molar-refractivity contribution in [2.24, 2.45) is 0 Å². The highest BCUT2D eigenvalue weighted by Gasteiger charge is 2.33. The van der Waals surface area contributed by atoms with Gasteiger partial charge in [-0.2, -0.15) is 0 Å². The van der Waals surface area contributed by atoms with Crippen molar-refractivity contribution in [2.45, 2.75) is 111 Å². The first-order chi connectivity index (χ1) is 16.2. The Morgan fingerprint density at radius 3 is 2.03 bits per heavy atom. The minimum absolute atomic E-state index is 0.238. The van der Waals surface area contributed by atoms with Crippen molar-refractivity contribution in [3.8, 4) is 0 Å². The number of carbonyl (C=O) groups is 3. The maximum atomic E-state index is 13.5. The van der Waals surface area contributed by atoms with E-state index in [1.165, 1.54) is 12.8 Å². The summed E-state index contributed by atoms with van der Waals surface area (Å²) in [5, 5.41) is 5.59. The van der Waals surface area contributed by atoms with Crippen molar-refractivity contribution in [3.63, 3.8) is 0 Å². The minimum atomic E-state index is -0.793. The van der Waals surface area contributed by atoms with Crippen LogP contribution in [0.2, 0.25) is 0 Å². The largest absolute Gasteiger partial charge is 0.444 e. The molecule has 0 bridgehead atoms. The number of carbonyl (C=O) groups excluding carboxylic acids is 3. The standard InChI is InChI=1S/C28H47N3O4/c1-9-10-11-12-13-14-19-31(23(32)20-29-26(34)35-28(6,7)8)24(25(33)30-27(3,4)5)22-17-15-21(2)16-18-22/h15-18,24H,9-14,19-20H2,1-8H3,(H,29,34)(H,30,33). The van der Waals surface area contributed by atoms with Gasteiger partial charge in [-0.05, 0) is 60.5 Å². The maximum Gasteiger partial charge on any atom is 0.408 e. The monoisotopic (exact) mass is 489 g/mol. The molecule has 0 aliphatic rings. The summed E-state index contributed by atoms with van der Waals surface area (Å²) in [6.45, 7) is 15.4. The summed E-state index contributed by atoms with van der Waals surface area (Å²) in [5.41, 5.74) is 0.699. The van der Waals surface area contributed by atoms with Gasteiger partial charge in [-0.25, -0.2) is 4.79 Å². The van der Waals surface area contributed by atoms with Crippen LogP contribution in [0.3, 0.4) is 0 Å². The van der Waals surface area contributed by atoms with Gasteiger partial charge in [0.25, 0.3) is 0 Å². The average Bonchev–Trinajstić information content (AvgIpc) is 2.72. The summed E-state index contributed by atoms with van der Waals surface area (Å²) in [5.74, 6) is -0.558. The van der Waals surface area contributed by atoms with Crippen LogP contribution >= 0.6 is 0 Å². The number of amides is 3.